The predicted molar refractivity (Wildman–Crippen MR) is 137 cm³/mol. The number of rotatable bonds is 7. The highest BCUT2D eigenvalue weighted by molar-refractivity contribution is 5.77. The third kappa shape index (κ3) is 5.84. The molecule has 34 heavy (non-hydrogen) atoms. The van der Waals surface area contributed by atoms with Crippen LogP contribution in [0.1, 0.15) is 33.5 Å². The fourth-order valence-corrected chi connectivity index (χ4v) is 4.28. The molecule has 174 valence electrons. The normalized spacial score (nSPS) is 15.2. The van der Waals surface area contributed by atoms with Crippen molar-refractivity contribution in [3.05, 3.63) is 94.8 Å². The van der Waals surface area contributed by atoms with E-state index in [2.05, 4.69) is 41.1 Å². The largest absolute Gasteiger partial charge is 0.385 e. The maximum Gasteiger partial charge on any atom is 0.150 e. The van der Waals surface area contributed by atoms with Crippen LogP contribution in [0.4, 0.5) is 15.8 Å². The fraction of sp³-hybridized carbons (Fsp3) is 0.276. The Morgan fingerprint density at radius 2 is 1.85 bits per heavy atom. The SMILES string of the molecule is CN(C)[C@@H]1CCN(c2ccc(NCCc3cc(C#Cc4ccccc4)ccc3C=O)cc2F)C1. The van der Waals surface area contributed by atoms with Crippen LogP contribution in [0.25, 0.3) is 0 Å². The molecule has 5 heteroatoms. The van der Waals surface area contributed by atoms with Crippen LogP contribution in [-0.2, 0) is 6.42 Å². The summed E-state index contributed by atoms with van der Waals surface area (Å²) in [5.41, 5.74) is 4.77. The summed E-state index contributed by atoms with van der Waals surface area (Å²) in [5, 5.41) is 3.29. The van der Waals surface area contributed by atoms with Crippen molar-refractivity contribution in [3.63, 3.8) is 0 Å². The quantitative estimate of drug-likeness (QED) is 0.409. The Morgan fingerprint density at radius 1 is 1.06 bits per heavy atom. The molecule has 1 atom stereocenters. The predicted octanol–water partition coefficient (Wildman–Crippen LogP) is 4.83. The number of hydrogen-bond donors (Lipinski definition) is 1. The summed E-state index contributed by atoms with van der Waals surface area (Å²) in [6.45, 7) is 2.29. The average molecular weight is 456 g/mol. The van der Waals surface area contributed by atoms with Crippen molar-refractivity contribution in [2.75, 3.05) is 43.9 Å². The molecule has 1 saturated heterocycles. The molecule has 4 rings (SSSR count). The molecule has 0 bridgehead atoms. The summed E-state index contributed by atoms with van der Waals surface area (Å²) in [6, 6.07) is 21.2. The van der Waals surface area contributed by atoms with Crippen molar-refractivity contribution in [3.8, 4) is 11.8 Å². The molecule has 0 saturated carbocycles. The van der Waals surface area contributed by atoms with Crippen molar-refractivity contribution in [2.24, 2.45) is 0 Å². The molecule has 1 aliphatic rings. The Labute approximate surface area is 201 Å². The summed E-state index contributed by atoms with van der Waals surface area (Å²) in [6.07, 6.45) is 2.55. The van der Waals surface area contributed by atoms with Crippen LogP contribution in [-0.4, -0.2) is 51.0 Å². The van der Waals surface area contributed by atoms with Gasteiger partial charge in [0.1, 0.15) is 12.1 Å². The lowest BCUT2D eigenvalue weighted by molar-refractivity contribution is 0.112. The van der Waals surface area contributed by atoms with Crippen LogP contribution >= 0.6 is 0 Å². The van der Waals surface area contributed by atoms with E-state index >= 15 is 0 Å². The Morgan fingerprint density at radius 3 is 2.56 bits per heavy atom. The van der Waals surface area contributed by atoms with Crippen LogP contribution in [0.15, 0.2) is 66.7 Å². The number of halogens is 1. The maximum absolute atomic E-state index is 14.8. The number of nitrogens with zero attached hydrogens (tertiary/aromatic N) is 2. The standard InChI is InChI=1S/C29H30FN3O/c1-32(2)27-15-17-33(20-27)29-13-12-26(19-28(29)30)31-16-14-24-18-23(10-11-25(24)21-34)9-8-22-6-4-3-5-7-22/h3-7,10-13,18-19,21,27,31H,14-17,20H2,1-2H3/t27-/m1/s1. The molecule has 0 aromatic heterocycles. The molecule has 0 spiro atoms. The van der Waals surface area contributed by atoms with Gasteiger partial charge in [-0.05, 0) is 75.0 Å². The van der Waals surface area contributed by atoms with Gasteiger partial charge in [-0.2, -0.15) is 0 Å². The Kier molecular flexibility index (Phi) is 7.61. The number of nitrogens with one attached hydrogen (secondary N) is 1. The lowest BCUT2D eigenvalue weighted by atomic mass is 10.0. The van der Waals surface area contributed by atoms with E-state index in [0.29, 0.717) is 30.3 Å². The van der Waals surface area contributed by atoms with E-state index in [9.17, 15) is 9.18 Å². The Balaban J connectivity index is 1.39. The van der Waals surface area contributed by atoms with E-state index in [1.165, 1.54) is 0 Å². The molecule has 0 aliphatic carbocycles. The molecular weight excluding hydrogens is 425 g/mol. The van der Waals surface area contributed by atoms with Gasteiger partial charge < -0.3 is 15.1 Å². The highest BCUT2D eigenvalue weighted by atomic mass is 19.1. The van der Waals surface area contributed by atoms with Gasteiger partial charge in [0.2, 0.25) is 0 Å². The van der Waals surface area contributed by atoms with Crippen LogP contribution in [0.3, 0.4) is 0 Å². The van der Waals surface area contributed by atoms with Gasteiger partial charge in [0.25, 0.3) is 0 Å². The molecule has 1 heterocycles. The van der Waals surface area contributed by atoms with E-state index in [1.54, 1.807) is 6.07 Å². The highest BCUT2D eigenvalue weighted by Crippen LogP contribution is 2.27. The lowest BCUT2D eigenvalue weighted by Gasteiger charge is -2.22. The van der Waals surface area contributed by atoms with Gasteiger partial charge in [0, 0.05) is 48.1 Å². The first-order valence-corrected chi connectivity index (χ1v) is 11.6. The smallest absolute Gasteiger partial charge is 0.150 e. The molecule has 0 unspecified atom stereocenters. The number of carbonyl (C=O) groups is 1. The minimum absolute atomic E-state index is 0.212. The van der Waals surface area contributed by atoms with Gasteiger partial charge in [0.05, 0.1) is 5.69 Å². The second-order valence-electron chi connectivity index (χ2n) is 8.84. The summed E-state index contributed by atoms with van der Waals surface area (Å²) in [5.74, 6) is 6.10. The molecule has 4 nitrogen and oxygen atoms in total. The third-order valence-electron chi connectivity index (χ3n) is 6.30. The number of benzene rings is 3. The Bertz CT molecular complexity index is 1200. The van der Waals surface area contributed by atoms with Crippen molar-refractivity contribution in [1.82, 2.24) is 4.90 Å². The number of aldehydes is 1. The highest BCUT2D eigenvalue weighted by Gasteiger charge is 2.25. The molecule has 0 radical (unpaired) electrons. The number of carbonyl (C=O) groups excluding carboxylic acids is 1. The Hall–Kier alpha value is -3.62. The molecule has 0 amide bonds. The number of anilines is 2. The lowest BCUT2D eigenvalue weighted by Crippen LogP contribution is -2.31. The molecule has 1 fully saturated rings. The fourth-order valence-electron chi connectivity index (χ4n) is 4.28. The van der Waals surface area contributed by atoms with Crippen molar-refractivity contribution in [1.29, 1.82) is 0 Å². The molecule has 3 aromatic rings. The second-order valence-corrected chi connectivity index (χ2v) is 8.84. The van der Waals surface area contributed by atoms with Crippen LogP contribution in [0.5, 0.6) is 0 Å². The molecular formula is C29H30FN3O. The van der Waals surface area contributed by atoms with Crippen molar-refractivity contribution >= 4 is 17.7 Å². The van der Waals surface area contributed by atoms with E-state index in [-0.39, 0.29) is 5.82 Å². The first-order valence-electron chi connectivity index (χ1n) is 11.6. The summed E-state index contributed by atoms with van der Waals surface area (Å²) in [4.78, 5) is 15.8. The topological polar surface area (TPSA) is 35.6 Å². The van der Waals surface area contributed by atoms with E-state index in [1.807, 2.05) is 60.7 Å². The van der Waals surface area contributed by atoms with Crippen LogP contribution < -0.4 is 10.2 Å². The van der Waals surface area contributed by atoms with Gasteiger partial charge in [0.15, 0.2) is 0 Å². The average Bonchev–Trinajstić information content (AvgIpc) is 3.34. The zero-order valence-corrected chi connectivity index (χ0v) is 19.7. The van der Waals surface area contributed by atoms with Gasteiger partial charge in [-0.1, -0.05) is 36.1 Å². The number of hydrogen-bond acceptors (Lipinski definition) is 4. The van der Waals surface area contributed by atoms with E-state index in [4.69, 9.17) is 0 Å². The summed E-state index contributed by atoms with van der Waals surface area (Å²) in [7, 11) is 4.14. The summed E-state index contributed by atoms with van der Waals surface area (Å²) < 4.78 is 14.8. The van der Waals surface area contributed by atoms with Gasteiger partial charge in [-0.3, -0.25) is 4.79 Å². The molecule has 1 N–H and O–H groups in total. The van der Waals surface area contributed by atoms with Crippen molar-refractivity contribution < 1.29 is 9.18 Å². The first-order chi connectivity index (χ1) is 16.5. The zero-order valence-electron chi connectivity index (χ0n) is 19.7. The number of likely N-dealkylation sites (N-methyl/N-ethyl adjacent to an activating group) is 1. The van der Waals surface area contributed by atoms with Crippen LogP contribution in [0, 0.1) is 17.7 Å². The van der Waals surface area contributed by atoms with Gasteiger partial charge >= 0.3 is 0 Å². The molecule has 3 aromatic carbocycles. The zero-order chi connectivity index (χ0) is 23.9. The van der Waals surface area contributed by atoms with E-state index in [0.717, 1.165) is 48.2 Å². The monoisotopic (exact) mass is 455 g/mol. The third-order valence-corrected chi connectivity index (χ3v) is 6.30. The second kappa shape index (κ2) is 11.0. The van der Waals surface area contributed by atoms with Gasteiger partial charge in [-0.25, -0.2) is 4.39 Å². The molecule has 1 aliphatic heterocycles. The van der Waals surface area contributed by atoms with Crippen molar-refractivity contribution in [2.45, 2.75) is 18.9 Å². The van der Waals surface area contributed by atoms with Gasteiger partial charge in [-0.15, -0.1) is 0 Å². The van der Waals surface area contributed by atoms with Crippen LogP contribution in [0.2, 0.25) is 0 Å². The van der Waals surface area contributed by atoms with E-state index < -0.39 is 0 Å². The minimum Gasteiger partial charge on any atom is -0.385 e. The first kappa shape index (κ1) is 23.5. The summed E-state index contributed by atoms with van der Waals surface area (Å²) >= 11 is 0. The maximum atomic E-state index is 14.8. The minimum atomic E-state index is -0.212.